The zero-order valence-electron chi connectivity index (χ0n) is 13.7. The first-order chi connectivity index (χ1) is 12.5. The maximum atomic E-state index is 12.9. The number of anilines is 2. The molecule has 0 radical (unpaired) electrons. The molecular weight excluding hydrogens is 375 g/mol. The molecule has 0 aliphatic heterocycles. The number of carbonyl (C=O) groups excluding carboxylic acids is 2. The summed E-state index contributed by atoms with van der Waals surface area (Å²) in [5.41, 5.74) is 0.988. The quantitative estimate of drug-likeness (QED) is 0.610. The number of aromatic nitrogens is 1. The van der Waals surface area contributed by atoms with Gasteiger partial charge in [0.25, 0.3) is 5.91 Å². The van der Waals surface area contributed by atoms with Crippen molar-refractivity contribution in [3.8, 4) is 0 Å². The lowest BCUT2D eigenvalue weighted by Crippen LogP contribution is -2.22. The minimum absolute atomic E-state index is 0.236. The number of amides is 3. The summed E-state index contributed by atoms with van der Waals surface area (Å²) >= 11 is 2.66. The Morgan fingerprint density at radius 1 is 1.15 bits per heavy atom. The Kier molecular flexibility index (Phi) is 5.59. The first-order valence-electron chi connectivity index (χ1n) is 7.63. The first kappa shape index (κ1) is 18.0. The van der Waals surface area contributed by atoms with Crippen LogP contribution in [0.25, 0.3) is 0 Å². The van der Waals surface area contributed by atoms with Gasteiger partial charge in [0.2, 0.25) is 0 Å². The van der Waals surface area contributed by atoms with Crippen molar-refractivity contribution in [3.63, 3.8) is 0 Å². The van der Waals surface area contributed by atoms with Crippen LogP contribution in [-0.2, 0) is 6.54 Å². The Morgan fingerprint density at radius 2 is 1.92 bits per heavy atom. The van der Waals surface area contributed by atoms with Crippen LogP contribution in [0.3, 0.4) is 0 Å². The van der Waals surface area contributed by atoms with E-state index in [-0.39, 0.29) is 11.7 Å². The molecule has 0 atom stereocenters. The molecule has 2 heterocycles. The van der Waals surface area contributed by atoms with Crippen molar-refractivity contribution in [3.05, 3.63) is 63.0 Å². The highest BCUT2D eigenvalue weighted by Crippen LogP contribution is 2.23. The van der Waals surface area contributed by atoms with Crippen molar-refractivity contribution in [1.82, 2.24) is 10.3 Å². The molecule has 3 rings (SSSR count). The molecule has 0 aliphatic carbocycles. The largest absolute Gasteiger partial charge is 0.346 e. The lowest BCUT2D eigenvalue weighted by atomic mass is 10.3. The number of rotatable bonds is 5. The van der Waals surface area contributed by atoms with E-state index in [2.05, 4.69) is 20.9 Å². The number of thiazole rings is 1. The fourth-order valence-electron chi connectivity index (χ4n) is 2.11. The lowest BCUT2D eigenvalue weighted by molar-refractivity contribution is 0.0954. The third-order valence-electron chi connectivity index (χ3n) is 3.33. The number of carbonyl (C=O) groups is 2. The van der Waals surface area contributed by atoms with E-state index in [9.17, 15) is 14.0 Å². The summed E-state index contributed by atoms with van der Waals surface area (Å²) in [4.78, 5) is 30.0. The molecule has 9 heteroatoms. The van der Waals surface area contributed by atoms with Crippen LogP contribution >= 0.6 is 22.7 Å². The van der Waals surface area contributed by atoms with Crippen LogP contribution in [0.2, 0.25) is 0 Å². The van der Waals surface area contributed by atoms with Gasteiger partial charge in [0.05, 0.1) is 12.2 Å². The molecule has 2 aromatic heterocycles. The van der Waals surface area contributed by atoms with Crippen molar-refractivity contribution in [2.45, 2.75) is 13.5 Å². The number of nitrogens with zero attached hydrogens (tertiary/aromatic N) is 1. The summed E-state index contributed by atoms with van der Waals surface area (Å²) in [6, 6.07) is 8.74. The Labute approximate surface area is 157 Å². The molecule has 3 amide bonds. The van der Waals surface area contributed by atoms with E-state index in [1.54, 1.807) is 18.3 Å². The van der Waals surface area contributed by atoms with Gasteiger partial charge in [0, 0.05) is 10.6 Å². The second-order valence-corrected chi connectivity index (χ2v) is 7.31. The van der Waals surface area contributed by atoms with Crippen LogP contribution in [0, 0.1) is 12.7 Å². The van der Waals surface area contributed by atoms with Gasteiger partial charge in [-0.1, -0.05) is 17.4 Å². The van der Waals surface area contributed by atoms with Crippen LogP contribution in [0.15, 0.2) is 41.8 Å². The van der Waals surface area contributed by atoms with Crippen molar-refractivity contribution in [2.75, 3.05) is 10.6 Å². The molecule has 26 heavy (non-hydrogen) atoms. The molecule has 0 aliphatic rings. The number of halogens is 1. The van der Waals surface area contributed by atoms with Crippen LogP contribution < -0.4 is 16.0 Å². The predicted octanol–water partition coefficient (Wildman–Crippen LogP) is 4.23. The molecular formula is C17H15FN4O2S2. The highest BCUT2D eigenvalue weighted by atomic mass is 32.1. The molecule has 6 nitrogen and oxygen atoms in total. The van der Waals surface area contributed by atoms with Crippen LogP contribution in [0.1, 0.15) is 20.2 Å². The highest BCUT2D eigenvalue weighted by molar-refractivity contribution is 7.17. The Hall–Kier alpha value is -2.78. The van der Waals surface area contributed by atoms with E-state index in [1.807, 2.05) is 17.5 Å². The molecule has 0 fully saturated rings. The number of hydrogen-bond acceptors (Lipinski definition) is 5. The maximum Gasteiger partial charge on any atom is 0.325 e. The van der Waals surface area contributed by atoms with Crippen LogP contribution in [0.5, 0.6) is 0 Å². The van der Waals surface area contributed by atoms with Crippen molar-refractivity contribution >= 4 is 45.4 Å². The molecule has 0 saturated carbocycles. The minimum atomic E-state index is -0.518. The van der Waals surface area contributed by atoms with Gasteiger partial charge in [0.1, 0.15) is 10.7 Å². The van der Waals surface area contributed by atoms with Crippen molar-refractivity contribution in [2.24, 2.45) is 0 Å². The second-order valence-electron chi connectivity index (χ2n) is 5.28. The summed E-state index contributed by atoms with van der Waals surface area (Å²) in [5.74, 6) is -0.620. The van der Waals surface area contributed by atoms with E-state index in [1.165, 1.54) is 24.3 Å². The minimum Gasteiger partial charge on any atom is -0.346 e. The third-order valence-corrected chi connectivity index (χ3v) is 5.28. The fraction of sp³-hybridized carbons (Fsp3) is 0.118. The highest BCUT2D eigenvalue weighted by Gasteiger charge is 2.16. The summed E-state index contributed by atoms with van der Waals surface area (Å²) < 4.78 is 12.9. The van der Waals surface area contributed by atoms with Crippen LogP contribution in [0.4, 0.5) is 20.0 Å². The molecule has 0 bridgehead atoms. The average Bonchev–Trinajstić information content (AvgIpc) is 3.24. The number of hydrogen-bond donors (Lipinski definition) is 3. The summed E-state index contributed by atoms with van der Waals surface area (Å²) in [7, 11) is 0. The zero-order chi connectivity index (χ0) is 18.5. The molecule has 0 saturated heterocycles. The van der Waals surface area contributed by atoms with Gasteiger partial charge in [-0.15, -0.1) is 11.3 Å². The van der Waals surface area contributed by atoms with Gasteiger partial charge in [-0.05, 0) is 42.6 Å². The van der Waals surface area contributed by atoms with Gasteiger partial charge in [-0.2, -0.15) is 0 Å². The van der Waals surface area contributed by atoms with E-state index < -0.39 is 6.03 Å². The summed E-state index contributed by atoms with van der Waals surface area (Å²) in [5, 5.41) is 10.2. The molecule has 1 aromatic carbocycles. The molecule has 3 N–H and O–H groups in total. The average molecular weight is 390 g/mol. The Bertz CT molecular complexity index is 908. The number of aryl methyl sites for hydroxylation is 1. The Balaban J connectivity index is 1.59. The second kappa shape index (κ2) is 8.07. The fourth-order valence-corrected chi connectivity index (χ4v) is 3.64. The maximum absolute atomic E-state index is 12.9. The summed E-state index contributed by atoms with van der Waals surface area (Å²) in [6.07, 6.45) is 0. The predicted molar refractivity (Wildman–Crippen MR) is 101 cm³/mol. The van der Waals surface area contributed by atoms with E-state index in [0.29, 0.717) is 27.9 Å². The van der Waals surface area contributed by atoms with Crippen LogP contribution in [-0.4, -0.2) is 16.9 Å². The third kappa shape index (κ3) is 4.64. The van der Waals surface area contributed by atoms with Crippen molar-refractivity contribution < 1.29 is 14.0 Å². The smallest absolute Gasteiger partial charge is 0.325 e. The Morgan fingerprint density at radius 3 is 2.62 bits per heavy atom. The normalized spacial score (nSPS) is 10.4. The van der Waals surface area contributed by atoms with Gasteiger partial charge in [0.15, 0.2) is 5.13 Å². The number of nitrogens with one attached hydrogen (secondary N) is 3. The molecule has 3 aromatic rings. The molecule has 134 valence electrons. The van der Waals surface area contributed by atoms with E-state index in [4.69, 9.17) is 0 Å². The molecule has 0 spiro atoms. The van der Waals surface area contributed by atoms with Crippen molar-refractivity contribution in [1.29, 1.82) is 0 Å². The van der Waals surface area contributed by atoms with Gasteiger partial charge >= 0.3 is 6.03 Å². The molecule has 0 unspecified atom stereocenters. The SMILES string of the molecule is Cc1nc(NC(=O)Nc2ccc(F)cc2)sc1C(=O)NCc1cccs1. The first-order valence-corrected chi connectivity index (χ1v) is 9.32. The van der Waals surface area contributed by atoms with Gasteiger partial charge in [-0.3, -0.25) is 10.1 Å². The number of benzene rings is 1. The monoisotopic (exact) mass is 390 g/mol. The standard InChI is InChI=1S/C17H15FN4O2S2/c1-10-14(15(23)19-9-13-3-2-8-25-13)26-17(20-10)22-16(24)21-12-6-4-11(18)5-7-12/h2-8H,9H2,1H3,(H,19,23)(H2,20,21,22,24). The van der Waals surface area contributed by atoms with Gasteiger partial charge in [-0.25, -0.2) is 14.2 Å². The lowest BCUT2D eigenvalue weighted by Gasteiger charge is -2.04. The van der Waals surface area contributed by atoms with Gasteiger partial charge < -0.3 is 10.6 Å². The zero-order valence-corrected chi connectivity index (χ0v) is 15.3. The summed E-state index contributed by atoms with van der Waals surface area (Å²) in [6.45, 7) is 2.15. The number of urea groups is 1. The topological polar surface area (TPSA) is 83.1 Å². The number of thiophene rings is 1. The van der Waals surface area contributed by atoms with E-state index in [0.717, 1.165) is 16.2 Å². The van der Waals surface area contributed by atoms with E-state index >= 15 is 0 Å².